The van der Waals surface area contributed by atoms with Crippen molar-refractivity contribution in [2.45, 2.75) is 32.7 Å². The molecule has 1 aromatic carbocycles. The average Bonchev–Trinajstić information content (AvgIpc) is 3.08. The lowest BCUT2D eigenvalue weighted by Crippen LogP contribution is -2.47. The van der Waals surface area contributed by atoms with Gasteiger partial charge in [-0.05, 0) is 51.0 Å². The van der Waals surface area contributed by atoms with Crippen LogP contribution in [-0.2, 0) is 4.79 Å². The number of likely N-dealkylation sites (tertiary alicyclic amines) is 1. The SMILES string of the molecule is Cc1c(C(=O)N2CC(C(=O)O)CCC2C)nnn1-c1ccc2ncccc2c1. The van der Waals surface area contributed by atoms with Crippen LogP contribution in [0.2, 0.25) is 0 Å². The zero-order valence-electron chi connectivity index (χ0n) is 15.7. The average molecular weight is 379 g/mol. The Kier molecular flexibility index (Phi) is 4.54. The van der Waals surface area contributed by atoms with Crippen molar-refractivity contribution in [1.29, 1.82) is 0 Å². The third kappa shape index (κ3) is 3.11. The summed E-state index contributed by atoms with van der Waals surface area (Å²) in [5.41, 5.74) is 2.55. The Bertz CT molecular complexity index is 1060. The molecular weight excluding hydrogens is 358 g/mol. The van der Waals surface area contributed by atoms with Crippen LogP contribution in [0, 0.1) is 12.8 Å². The van der Waals surface area contributed by atoms with Crippen molar-refractivity contribution in [2.75, 3.05) is 6.54 Å². The van der Waals surface area contributed by atoms with E-state index in [1.165, 1.54) is 0 Å². The summed E-state index contributed by atoms with van der Waals surface area (Å²) in [6, 6.07) is 9.53. The summed E-state index contributed by atoms with van der Waals surface area (Å²) in [7, 11) is 0. The molecule has 0 saturated carbocycles. The lowest BCUT2D eigenvalue weighted by atomic mass is 9.93. The molecule has 8 nitrogen and oxygen atoms in total. The van der Waals surface area contributed by atoms with Gasteiger partial charge in [-0.1, -0.05) is 11.3 Å². The van der Waals surface area contributed by atoms with E-state index in [-0.39, 0.29) is 24.2 Å². The molecule has 0 aliphatic carbocycles. The number of hydrogen-bond acceptors (Lipinski definition) is 5. The van der Waals surface area contributed by atoms with Crippen molar-refractivity contribution in [3.8, 4) is 5.69 Å². The fourth-order valence-electron chi connectivity index (χ4n) is 3.69. The second-order valence-corrected chi connectivity index (χ2v) is 7.23. The van der Waals surface area contributed by atoms with E-state index in [1.807, 2.05) is 37.3 Å². The molecule has 1 fully saturated rings. The van der Waals surface area contributed by atoms with Gasteiger partial charge >= 0.3 is 5.97 Å². The molecular formula is C20H21N5O3. The van der Waals surface area contributed by atoms with Crippen molar-refractivity contribution in [2.24, 2.45) is 5.92 Å². The van der Waals surface area contributed by atoms with Crippen LogP contribution in [0.5, 0.6) is 0 Å². The molecule has 0 radical (unpaired) electrons. The maximum Gasteiger partial charge on any atom is 0.308 e. The van der Waals surface area contributed by atoms with Gasteiger partial charge < -0.3 is 10.0 Å². The number of nitrogens with zero attached hydrogens (tertiary/aromatic N) is 5. The fraction of sp³-hybridized carbons (Fsp3) is 0.350. The first kappa shape index (κ1) is 18.1. The highest BCUT2D eigenvalue weighted by atomic mass is 16.4. The monoisotopic (exact) mass is 379 g/mol. The number of amides is 1. The van der Waals surface area contributed by atoms with Gasteiger partial charge in [0.25, 0.3) is 5.91 Å². The first-order chi connectivity index (χ1) is 13.5. The second kappa shape index (κ2) is 7.03. The van der Waals surface area contributed by atoms with E-state index in [4.69, 9.17) is 0 Å². The van der Waals surface area contributed by atoms with Gasteiger partial charge in [-0.15, -0.1) is 5.10 Å². The van der Waals surface area contributed by atoms with E-state index >= 15 is 0 Å². The number of aliphatic carboxylic acids is 1. The van der Waals surface area contributed by atoms with E-state index in [0.717, 1.165) is 16.6 Å². The Balaban J connectivity index is 1.65. The number of carboxylic acid groups (broad SMARTS) is 1. The molecule has 28 heavy (non-hydrogen) atoms. The largest absolute Gasteiger partial charge is 0.481 e. The molecule has 2 atom stereocenters. The van der Waals surface area contributed by atoms with Crippen LogP contribution in [0.1, 0.15) is 35.9 Å². The van der Waals surface area contributed by atoms with Gasteiger partial charge in [-0.3, -0.25) is 14.6 Å². The van der Waals surface area contributed by atoms with E-state index in [1.54, 1.807) is 22.7 Å². The van der Waals surface area contributed by atoms with Gasteiger partial charge in [-0.2, -0.15) is 0 Å². The summed E-state index contributed by atoms with van der Waals surface area (Å²) >= 11 is 0. The lowest BCUT2D eigenvalue weighted by molar-refractivity contribution is -0.143. The smallest absolute Gasteiger partial charge is 0.308 e. The Morgan fingerprint density at radius 1 is 1.21 bits per heavy atom. The molecule has 1 aliphatic rings. The number of carbonyl (C=O) groups excluding carboxylic acids is 1. The molecule has 1 N–H and O–H groups in total. The van der Waals surface area contributed by atoms with Crippen molar-refractivity contribution < 1.29 is 14.7 Å². The Hall–Kier alpha value is -3.29. The maximum atomic E-state index is 13.1. The minimum atomic E-state index is -0.866. The molecule has 8 heteroatoms. The van der Waals surface area contributed by atoms with E-state index in [0.29, 0.717) is 18.5 Å². The summed E-state index contributed by atoms with van der Waals surface area (Å²) in [4.78, 5) is 30.3. The molecule has 3 aromatic rings. The van der Waals surface area contributed by atoms with Crippen LogP contribution >= 0.6 is 0 Å². The molecule has 4 rings (SSSR count). The van der Waals surface area contributed by atoms with Crippen LogP contribution < -0.4 is 0 Å². The first-order valence-electron chi connectivity index (χ1n) is 9.27. The Morgan fingerprint density at radius 2 is 2.04 bits per heavy atom. The number of pyridine rings is 1. The van der Waals surface area contributed by atoms with Crippen LogP contribution in [0.3, 0.4) is 0 Å². The third-order valence-corrected chi connectivity index (χ3v) is 5.42. The molecule has 1 saturated heterocycles. The summed E-state index contributed by atoms with van der Waals surface area (Å²) in [6.07, 6.45) is 2.98. The van der Waals surface area contributed by atoms with Crippen LogP contribution in [-0.4, -0.2) is 54.4 Å². The summed E-state index contributed by atoms with van der Waals surface area (Å²) in [5, 5.41) is 18.6. The molecule has 0 bridgehead atoms. The van der Waals surface area contributed by atoms with Crippen LogP contribution in [0.25, 0.3) is 16.6 Å². The first-order valence-corrected chi connectivity index (χ1v) is 9.27. The molecule has 3 heterocycles. The van der Waals surface area contributed by atoms with E-state index in [9.17, 15) is 14.7 Å². The minimum Gasteiger partial charge on any atom is -0.481 e. The topological polar surface area (TPSA) is 101 Å². The zero-order valence-corrected chi connectivity index (χ0v) is 15.7. The van der Waals surface area contributed by atoms with Gasteiger partial charge in [0.1, 0.15) is 0 Å². The van der Waals surface area contributed by atoms with Crippen LogP contribution in [0.15, 0.2) is 36.5 Å². The maximum absolute atomic E-state index is 13.1. The normalized spacial score (nSPS) is 19.7. The van der Waals surface area contributed by atoms with E-state index < -0.39 is 11.9 Å². The molecule has 2 unspecified atom stereocenters. The predicted molar refractivity (Wildman–Crippen MR) is 102 cm³/mol. The van der Waals surface area contributed by atoms with Gasteiger partial charge in [0, 0.05) is 24.2 Å². The summed E-state index contributed by atoms with van der Waals surface area (Å²) < 4.78 is 1.63. The Morgan fingerprint density at radius 3 is 2.82 bits per heavy atom. The quantitative estimate of drug-likeness (QED) is 0.750. The summed E-state index contributed by atoms with van der Waals surface area (Å²) in [5.74, 6) is -1.68. The third-order valence-electron chi connectivity index (χ3n) is 5.42. The molecule has 0 spiro atoms. The predicted octanol–water partition coefficient (Wildman–Crippen LogP) is 2.45. The van der Waals surface area contributed by atoms with Crippen LogP contribution in [0.4, 0.5) is 0 Å². The lowest BCUT2D eigenvalue weighted by Gasteiger charge is -2.36. The highest BCUT2D eigenvalue weighted by Gasteiger charge is 2.34. The van der Waals surface area contributed by atoms with Crippen molar-refractivity contribution in [1.82, 2.24) is 24.9 Å². The number of carbonyl (C=O) groups is 2. The van der Waals surface area contributed by atoms with Crippen molar-refractivity contribution in [3.05, 3.63) is 47.9 Å². The number of aromatic nitrogens is 4. The molecule has 1 amide bonds. The Labute approximate surface area is 161 Å². The number of benzene rings is 1. The zero-order chi connectivity index (χ0) is 19.8. The number of rotatable bonds is 3. The van der Waals surface area contributed by atoms with Gasteiger partial charge in [0.2, 0.25) is 0 Å². The molecule has 1 aliphatic heterocycles. The second-order valence-electron chi connectivity index (χ2n) is 7.23. The number of carboxylic acids is 1. The molecule has 144 valence electrons. The van der Waals surface area contributed by atoms with Gasteiger partial charge in [-0.25, -0.2) is 4.68 Å². The minimum absolute atomic E-state index is 0.0283. The highest BCUT2D eigenvalue weighted by molar-refractivity contribution is 5.94. The van der Waals surface area contributed by atoms with Crippen molar-refractivity contribution >= 4 is 22.8 Å². The fourth-order valence-corrected chi connectivity index (χ4v) is 3.69. The molecule has 2 aromatic heterocycles. The number of hydrogen-bond donors (Lipinski definition) is 1. The highest BCUT2D eigenvalue weighted by Crippen LogP contribution is 2.25. The van der Waals surface area contributed by atoms with Gasteiger partial charge in [0.15, 0.2) is 5.69 Å². The van der Waals surface area contributed by atoms with E-state index in [2.05, 4.69) is 15.3 Å². The van der Waals surface area contributed by atoms with Gasteiger partial charge in [0.05, 0.1) is 22.8 Å². The number of fused-ring (bicyclic) bond motifs is 1. The number of piperidine rings is 1. The standard InChI is InChI=1S/C20H21N5O3/c1-12-5-6-15(20(27)28)11-24(12)19(26)18-13(2)25(23-22-18)16-7-8-17-14(10-16)4-3-9-21-17/h3-4,7-10,12,15H,5-6,11H2,1-2H3,(H,27,28). The summed E-state index contributed by atoms with van der Waals surface area (Å²) in [6.45, 7) is 3.93. The van der Waals surface area contributed by atoms with Crippen molar-refractivity contribution in [3.63, 3.8) is 0 Å².